The van der Waals surface area contributed by atoms with Crippen molar-refractivity contribution in [2.45, 2.75) is 12.8 Å². The van der Waals surface area contributed by atoms with E-state index < -0.39 is 5.82 Å². The zero-order chi connectivity index (χ0) is 18.2. The summed E-state index contributed by atoms with van der Waals surface area (Å²) >= 11 is 5.66. The van der Waals surface area contributed by atoms with Crippen LogP contribution in [0.5, 0.6) is 11.5 Å². The Morgan fingerprint density at radius 1 is 1.28 bits per heavy atom. The van der Waals surface area contributed by atoms with Crippen LogP contribution in [0.25, 0.3) is 0 Å². The topological polar surface area (TPSA) is 71.3 Å². The molecule has 2 aromatic rings. The Labute approximate surface area is 149 Å². The average Bonchev–Trinajstić information content (AvgIpc) is 2.61. The fourth-order valence-electron chi connectivity index (χ4n) is 2.07. The van der Waals surface area contributed by atoms with Gasteiger partial charge < -0.3 is 14.8 Å². The smallest absolute Gasteiger partial charge is 0.224 e. The van der Waals surface area contributed by atoms with Crippen molar-refractivity contribution in [3.8, 4) is 17.6 Å². The molecule has 1 N–H and O–H groups in total. The van der Waals surface area contributed by atoms with E-state index in [4.69, 9.17) is 26.3 Å². The van der Waals surface area contributed by atoms with Crippen LogP contribution in [0.2, 0.25) is 5.02 Å². The van der Waals surface area contributed by atoms with Crippen LogP contribution in [0, 0.1) is 17.1 Å². The van der Waals surface area contributed by atoms with Crippen molar-refractivity contribution < 1.29 is 18.7 Å². The molecular formula is C18H16ClFN2O3. The van der Waals surface area contributed by atoms with Gasteiger partial charge in [-0.1, -0.05) is 11.6 Å². The second kappa shape index (κ2) is 8.90. The van der Waals surface area contributed by atoms with Crippen molar-refractivity contribution in [2.24, 2.45) is 0 Å². The SMILES string of the molecule is COc1cc(C#N)ccc1OCCCC(=O)Nc1ccc(Cl)cc1F. The van der Waals surface area contributed by atoms with Gasteiger partial charge in [0, 0.05) is 17.5 Å². The van der Waals surface area contributed by atoms with Crippen LogP contribution in [-0.4, -0.2) is 19.6 Å². The van der Waals surface area contributed by atoms with E-state index in [0.29, 0.717) is 23.5 Å². The minimum Gasteiger partial charge on any atom is -0.493 e. The van der Waals surface area contributed by atoms with E-state index >= 15 is 0 Å². The van der Waals surface area contributed by atoms with Gasteiger partial charge in [0.05, 0.1) is 31.0 Å². The van der Waals surface area contributed by atoms with E-state index in [1.807, 2.05) is 6.07 Å². The van der Waals surface area contributed by atoms with Gasteiger partial charge in [-0.15, -0.1) is 0 Å². The highest BCUT2D eigenvalue weighted by molar-refractivity contribution is 6.30. The zero-order valence-electron chi connectivity index (χ0n) is 13.5. The largest absolute Gasteiger partial charge is 0.493 e. The summed E-state index contributed by atoms with van der Waals surface area (Å²) < 4.78 is 24.3. The van der Waals surface area contributed by atoms with Crippen molar-refractivity contribution in [3.05, 3.63) is 52.8 Å². The first kappa shape index (κ1) is 18.6. The summed E-state index contributed by atoms with van der Waals surface area (Å²) in [6.45, 7) is 0.277. The molecule has 2 rings (SSSR count). The molecular weight excluding hydrogens is 347 g/mol. The number of halogens is 2. The molecule has 2 aromatic carbocycles. The minimum absolute atomic E-state index is 0.0871. The Morgan fingerprint density at radius 3 is 2.76 bits per heavy atom. The van der Waals surface area contributed by atoms with Crippen molar-refractivity contribution in [3.63, 3.8) is 0 Å². The van der Waals surface area contributed by atoms with Crippen molar-refractivity contribution >= 4 is 23.2 Å². The molecule has 0 aromatic heterocycles. The quantitative estimate of drug-likeness (QED) is 0.751. The molecule has 0 heterocycles. The fraction of sp³-hybridized carbons (Fsp3) is 0.222. The molecule has 0 saturated heterocycles. The number of carbonyl (C=O) groups excluding carboxylic acids is 1. The number of methoxy groups -OCH3 is 1. The average molecular weight is 363 g/mol. The maximum Gasteiger partial charge on any atom is 0.224 e. The predicted octanol–water partition coefficient (Wildman–Crippen LogP) is 4.16. The molecule has 1 amide bonds. The summed E-state index contributed by atoms with van der Waals surface area (Å²) in [7, 11) is 1.48. The minimum atomic E-state index is -0.584. The van der Waals surface area contributed by atoms with Gasteiger partial charge in [0.25, 0.3) is 0 Å². The van der Waals surface area contributed by atoms with Gasteiger partial charge >= 0.3 is 0 Å². The van der Waals surface area contributed by atoms with Gasteiger partial charge in [-0.2, -0.15) is 5.26 Å². The highest BCUT2D eigenvalue weighted by Gasteiger charge is 2.09. The van der Waals surface area contributed by atoms with E-state index in [1.165, 1.54) is 19.2 Å². The summed E-state index contributed by atoms with van der Waals surface area (Å²) in [5.41, 5.74) is 0.553. The summed E-state index contributed by atoms with van der Waals surface area (Å²) in [6.07, 6.45) is 0.602. The number of anilines is 1. The van der Waals surface area contributed by atoms with Gasteiger partial charge in [0.2, 0.25) is 5.91 Å². The van der Waals surface area contributed by atoms with E-state index in [-0.39, 0.29) is 29.6 Å². The number of rotatable bonds is 7. The summed E-state index contributed by atoms with van der Waals surface area (Å²) in [5, 5.41) is 11.6. The number of nitrogens with one attached hydrogen (secondary N) is 1. The van der Waals surface area contributed by atoms with Crippen LogP contribution >= 0.6 is 11.6 Å². The van der Waals surface area contributed by atoms with Crippen LogP contribution in [-0.2, 0) is 4.79 Å². The molecule has 0 aliphatic heterocycles. The molecule has 0 unspecified atom stereocenters. The van der Waals surface area contributed by atoms with Gasteiger partial charge in [-0.05, 0) is 36.8 Å². The molecule has 0 radical (unpaired) electrons. The maximum atomic E-state index is 13.6. The molecule has 0 spiro atoms. The number of ether oxygens (including phenoxy) is 2. The first-order valence-corrected chi connectivity index (χ1v) is 7.87. The third-order valence-electron chi connectivity index (χ3n) is 3.30. The Bertz CT molecular complexity index is 805. The van der Waals surface area contributed by atoms with E-state index in [2.05, 4.69) is 5.32 Å². The Balaban J connectivity index is 1.81. The van der Waals surface area contributed by atoms with Crippen LogP contribution in [0.15, 0.2) is 36.4 Å². The molecule has 0 fully saturated rings. The Morgan fingerprint density at radius 2 is 2.08 bits per heavy atom. The number of amides is 1. The predicted molar refractivity (Wildman–Crippen MR) is 92.5 cm³/mol. The number of carbonyl (C=O) groups is 1. The fourth-order valence-corrected chi connectivity index (χ4v) is 2.23. The number of hydrogen-bond acceptors (Lipinski definition) is 4. The highest BCUT2D eigenvalue weighted by Crippen LogP contribution is 2.28. The third kappa shape index (κ3) is 5.37. The second-order valence-electron chi connectivity index (χ2n) is 5.10. The molecule has 130 valence electrons. The Hall–Kier alpha value is -2.78. The van der Waals surface area contributed by atoms with Crippen LogP contribution < -0.4 is 14.8 Å². The van der Waals surface area contributed by atoms with Crippen LogP contribution in [0.1, 0.15) is 18.4 Å². The van der Waals surface area contributed by atoms with Gasteiger partial charge in [-0.25, -0.2) is 4.39 Å². The van der Waals surface area contributed by atoms with Crippen LogP contribution in [0.3, 0.4) is 0 Å². The van der Waals surface area contributed by atoms with Crippen molar-refractivity contribution in [1.82, 2.24) is 0 Å². The first-order valence-electron chi connectivity index (χ1n) is 7.49. The number of nitrogens with zero attached hydrogens (tertiary/aromatic N) is 1. The normalized spacial score (nSPS) is 10.0. The van der Waals surface area contributed by atoms with E-state index in [0.717, 1.165) is 6.07 Å². The lowest BCUT2D eigenvalue weighted by Crippen LogP contribution is -2.13. The van der Waals surface area contributed by atoms with Crippen molar-refractivity contribution in [1.29, 1.82) is 5.26 Å². The lowest BCUT2D eigenvalue weighted by molar-refractivity contribution is -0.116. The molecule has 0 bridgehead atoms. The van der Waals surface area contributed by atoms with E-state index in [1.54, 1.807) is 18.2 Å². The first-order chi connectivity index (χ1) is 12.0. The van der Waals surface area contributed by atoms with E-state index in [9.17, 15) is 9.18 Å². The Kier molecular flexibility index (Phi) is 6.61. The second-order valence-corrected chi connectivity index (χ2v) is 5.54. The zero-order valence-corrected chi connectivity index (χ0v) is 14.3. The van der Waals surface area contributed by atoms with Gasteiger partial charge in [0.15, 0.2) is 11.5 Å². The standard InChI is InChI=1S/C18H16ClFN2O3/c1-24-17-9-12(11-21)4-7-16(17)25-8-2-3-18(23)22-15-6-5-13(19)10-14(15)20/h4-7,9-10H,2-3,8H2,1H3,(H,22,23). The lowest BCUT2D eigenvalue weighted by atomic mass is 10.2. The third-order valence-corrected chi connectivity index (χ3v) is 3.54. The molecule has 0 aliphatic rings. The highest BCUT2D eigenvalue weighted by atomic mass is 35.5. The molecule has 0 atom stereocenters. The number of hydrogen-bond donors (Lipinski definition) is 1. The van der Waals surface area contributed by atoms with Crippen LogP contribution in [0.4, 0.5) is 10.1 Å². The molecule has 7 heteroatoms. The number of benzene rings is 2. The summed E-state index contributed by atoms with van der Waals surface area (Å²) in [6, 6.07) is 10.9. The lowest BCUT2D eigenvalue weighted by Gasteiger charge is -2.11. The molecule has 25 heavy (non-hydrogen) atoms. The maximum absolute atomic E-state index is 13.6. The van der Waals surface area contributed by atoms with Gasteiger partial charge in [0.1, 0.15) is 5.82 Å². The summed E-state index contributed by atoms with van der Waals surface area (Å²) in [5.74, 6) is 0.0356. The molecule has 0 aliphatic carbocycles. The summed E-state index contributed by atoms with van der Waals surface area (Å²) in [4.78, 5) is 11.8. The monoisotopic (exact) mass is 362 g/mol. The molecule has 0 saturated carbocycles. The number of nitriles is 1. The van der Waals surface area contributed by atoms with Crippen molar-refractivity contribution in [2.75, 3.05) is 19.0 Å². The molecule has 5 nitrogen and oxygen atoms in total. The van der Waals surface area contributed by atoms with Gasteiger partial charge in [-0.3, -0.25) is 4.79 Å².